The van der Waals surface area contributed by atoms with Gasteiger partial charge in [0, 0.05) is 29.0 Å². The minimum absolute atomic E-state index is 0.785. The Labute approximate surface area is 121 Å². The number of nitrogen functional groups attached to an aromatic ring is 1. The Morgan fingerprint density at radius 2 is 2.10 bits per heavy atom. The Balaban J connectivity index is 1.71. The molecule has 1 aliphatic rings. The lowest BCUT2D eigenvalue weighted by Gasteiger charge is -2.28. The molecule has 3 aromatic rings. The Morgan fingerprint density at radius 1 is 1.15 bits per heavy atom. The maximum absolute atomic E-state index is 5.81. The van der Waals surface area contributed by atoms with E-state index in [0.29, 0.717) is 0 Å². The summed E-state index contributed by atoms with van der Waals surface area (Å²) in [5.41, 5.74) is 9.05. The van der Waals surface area contributed by atoms with Gasteiger partial charge in [0.2, 0.25) is 0 Å². The maximum Gasteiger partial charge on any atom is 0.129 e. The summed E-state index contributed by atoms with van der Waals surface area (Å²) in [5, 5.41) is 3.28. The molecule has 0 unspecified atom stereocenters. The summed E-state index contributed by atoms with van der Waals surface area (Å²) >= 11 is 1.87. The van der Waals surface area contributed by atoms with Crippen LogP contribution in [0.1, 0.15) is 10.4 Å². The summed E-state index contributed by atoms with van der Waals surface area (Å²) < 4.78 is 0. The molecule has 4 rings (SSSR count). The van der Waals surface area contributed by atoms with E-state index in [0.717, 1.165) is 41.9 Å². The quantitative estimate of drug-likeness (QED) is 0.695. The van der Waals surface area contributed by atoms with Gasteiger partial charge < -0.3 is 10.6 Å². The zero-order valence-corrected chi connectivity index (χ0v) is 11.9. The molecule has 2 N–H and O–H groups in total. The molecule has 0 aliphatic carbocycles. The fraction of sp³-hybridized carbons (Fsp3) is 0.188. The summed E-state index contributed by atoms with van der Waals surface area (Å²) in [6.45, 7) is 2.01. The summed E-state index contributed by atoms with van der Waals surface area (Å²) in [6.07, 6.45) is 1.12. The average molecular weight is 281 g/mol. The van der Waals surface area contributed by atoms with Crippen LogP contribution >= 0.6 is 11.3 Å². The van der Waals surface area contributed by atoms with E-state index in [-0.39, 0.29) is 0 Å². The first-order chi connectivity index (χ1) is 9.79. The van der Waals surface area contributed by atoms with Crippen molar-refractivity contribution in [1.82, 2.24) is 4.98 Å². The lowest BCUT2D eigenvalue weighted by molar-refractivity contribution is 0.734. The number of anilines is 2. The van der Waals surface area contributed by atoms with E-state index in [2.05, 4.69) is 28.5 Å². The molecule has 0 fully saturated rings. The number of nitrogens with zero attached hydrogens (tertiary/aromatic N) is 2. The predicted octanol–water partition coefficient (Wildman–Crippen LogP) is 3.44. The van der Waals surface area contributed by atoms with Crippen molar-refractivity contribution in [1.29, 1.82) is 0 Å². The highest BCUT2D eigenvalue weighted by Crippen LogP contribution is 2.28. The van der Waals surface area contributed by atoms with Crippen LogP contribution in [-0.4, -0.2) is 11.5 Å². The monoisotopic (exact) mass is 281 g/mol. The summed E-state index contributed by atoms with van der Waals surface area (Å²) in [4.78, 5) is 8.65. The molecule has 0 amide bonds. The third kappa shape index (κ3) is 1.93. The summed E-state index contributed by atoms with van der Waals surface area (Å²) in [6, 6.07) is 12.3. The van der Waals surface area contributed by atoms with Crippen LogP contribution in [0.5, 0.6) is 0 Å². The topological polar surface area (TPSA) is 42.1 Å². The van der Waals surface area contributed by atoms with Gasteiger partial charge in [0.05, 0.1) is 5.52 Å². The number of fused-ring (bicyclic) bond motifs is 2. The zero-order valence-electron chi connectivity index (χ0n) is 11.0. The minimum Gasteiger partial charge on any atom is -0.399 e. The van der Waals surface area contributed by atoms with Crippen molar-refractivity contribution in [3.8, 4) is 0 Å². The van der Waals surface area contributed by atoms with Crippen molar-refractivity contribution in [2.45, 2.75) is 13.0 Å². The molecule has 0 bridgehead atoms. The molecule has 0 spiro atoms. The molecular formula is C16H15N3S. The van der Waals surface area contributed by atoms with Crippen LogP contribution in [0.15, 0.2) is 41.8 Å². The fourth-order valence-corrected chi connectivity index (χ4v) is 3.64. The van der Waals surface area contributed by atoms with Gasteiger partial charge in [-0.2, -0.15) is 0 Å². The third-order valence-corrected chi connectivity index (χ3v) is 4.85. The molecule has 0 atom stereocenters. The molecule has 20 heavy (non-hydrogen) atoms. The van der Waals surface area contributed by atoms with Crippen LogP contribution in [0.25, 0.3) is 10.9 Å². The largest absolute Gasteiger partial charge is 0.399 e. The number of aromatic nitrogens is 1. The van der Waals surface area contributed by atoms with Crippen LogP contribution in [-0.2, 0) is 13.0 Å². The van der Waals surface area contributed by atoms with Crippen molar-refractivity contribution in [3.63, 3.8) is 0 Å². The van der Waals surface area contributed by atoms with Crippen molar-refractivity contribution in [3.05, 3.63) is 52.2 Å². The van der Waals surface area contributed by atoms with E-state index in [9.17, 15) is 0 Å². The van der Waals surface area contributed by atoms with Crippen molar-refractivity contribution in [2.75, 3.05) is 17.2 Å². The van der Waals surface area contributed by atoms with Gasteiger partial charge in [0.25, 0.3) is 0 Å². The average Bonchev–Trinajstić information content (AvgIpc) is 2.94. The second-order valence-corrected chi connectivity index (χ2v) is 6.16. The van der Waals surface area contributed by atoms with E-state index in [4.69, 9.17) is 10.7 Å². The fourth-order valence-electron chi connectivity index (χ4n) is 2.75. The highest BCUT2D eigenvalue weighted by atomic mass is 32.1. The van der Waals surface area contributed by atoms with Crippen molar-refractivity contribution in [2.24, 2.45) is 0 Å². The van der Waals surface area contributed by atoms with Gasteiger partial charge in [-0.25, -0.2) is 4.98 Å². The number of thiophene rings is 1. The summed E-state index contributed by atoms with van der Waals surface area (Å²) in [5.74, 6) is 1.05. The molecule has 0 saturated carbocycles. The highest BCUT2D eigenvalue weighted by molar-refractivity contribution is 7.10. The molecule has 0 radical (unpaired) electrons. The van der Waals surface area contributed by atoms with Crippen LogP contribution in [0.3, 0.4) is 0 Å². The Kier molecular flexibility index (Phi) is 2.63. The van der Waals surface area contributed by atoms with E-state index in [1.807, 2.05) is 29.5 Å². The van der Waals surface area contributed by atoms with Crippen LogP contribution < -0.4 is 10.6 Å². The predicted molar refractivity (Wildman–Crippen MR) is 85.2 cm³/mol. The van der Waals surface area contributed by atoms with Crippen LogP contribution in [0, 0.1) is 0 Å². The number of pyridine rings is 1. The smallest absolute Gasteiger partial charge is 0.129 e. The second kappa shape index (κ2) is 4.49. The van der Waals surface area contributed by atoms with Gasteiger partial charge in [-0.1, -0.05) is 0 Å². The molecule has 2 aromatic heterocycles. The Morgan fingerprint density at radius 3 is 3.05 bits per heavy atom. The first-order valence-corrected chi connectivity index (χ1v) is 7.64. The number of benzene rings is 1. The number of rotatable bonds is 1. The number of hydrogen-bond acceptors (Lipinski definition) is 4. The van der Waals surface area contributed by atoms with Gasteiger partial charge >= 0.3 is 0 Å². The second-order valence-electron chi connectivity index (χ2n) is 5.16. The molecular weight excluding hydrogens is 266 g/mol. The normalized spacial score (nSPS) is 14.5. The molecule has 1 aliphatic heterocycles. The van der Waals surface area contributed by atoms with Gasteiger partial charge in [-0.05, 0) is 53.8 Å². The molecule has 1 aromatic carbocycles. The standard InChI is InChI=1S/C16H15N3S/c17-13-2-3-14-11(9-13)1-4-16(18-14)19-7-5-15-12(10-19)6-8-20-15/h1-4,6,8-9H,5,7,10,17H2. The van der Waals surface area contributed by atoms with Crippen molar-refractivity contribution < 1.29 is 0 Å². The lowest BCUT2D eigenvalue weighted by Crippen LogP contribution is -2.30. The Bertz CT molecular complexity index is 778. The Hall–Kier alpha value is -2.07. The molecule has 4 heteroatoms. The van der Waals surface area contributed by atoms with Gasteiger partial charge in [0.15, 0.2) is 0 Å². The molecule has 0 saturated heterocycles. The third-order valence-electron chi connectivity index (χ3n) is 3.83. The van der Waals surface area contributed by atoms with Crippen LogP contribution in [0.4, 0.5) is 11.5 Å². The SMILES string of the molecule is Nc1ccc2nc(N3CCc4sccc4C3)ccc2c1. The first kappa shape index (κ1) is 11.7. The van der Waals surface area contributed by atoms with E-state index >= 15 is 0 Å². The molecule has 3 heterocycles. The van der Waals surface area contributed by atoms with Gasteiger partial charge in [0.1, 0.15) is 5.82 Å². The number of nitrogens with two attached hydrogens (primary N) is 1. The van der Waals surface area contributed by atoms with E-state index in [1.165, 1.54) is 10.4 Å². The van der Waals surface area contributed by atoms with E-state index < -0.39 is 0 Å². The van der Waals surface area contributed by atoms with Crippen molar-refractivity contribution >= 4 is 33.7 Å². The van der Waals surface area contributed by atoms with Crippen LogP contribution in [0.2, 0.25) is 0 Å². The molecule has 3 nitrogen and oxygen atoms in total. The van der Waals surface area contributed by atoms with Gasteiger partial charge in [-0.3, -0.25) is 0 Å². The maximum atomic E-state index is 5.81. The lowest BCUT2D eigenvalue weighted by atomic mass is 10.1. The zero-order chi connectivity index (χ0) is 13.5. The number of hydrogen-bond donors (Lipinski definition) is 1. The molecule has 100 valence electrons. The van der Waals surface area contributed by atoms with Gasteiger partial charge in [-0.15, -0.1) is 11.3 Å². The first-order valence-electron chi connectivity index (χ1n) is 6.76. The highest BCUT2D eigenvalue weighted by Gasteiger charge is 2.18. The minimum atomic E-state index is 0.785. The summed E-state index contributed by atoms with van der Waals surface area (Å²) in [7, 11) is 0. The van der Waals surface area contributed by atoms with E-state index in [1.54, 1.807) is 0 Å².